The van der Waals surface area contributed by atoms with E-state index in [1.807, 2.05) is 0 Å². The first-order valence-corrected chi connectivity index (χ1v) is 9.06. The quantitative estimate of drug-likeness (QED) is 0.694. The fraction of sp³-hybridized carbons (Fsp3) is 0.706. The van der Waals surface area contributed by atoms with E-state index < -0.39 is 24.5 Å². The first-order valence-electron chi connectivity index (χ1n) is 9.06. The van der Waals surface area contributed by atoms with Gasteiger partial charge in [0.15, 0.2) is 0 Å². The van der Waals surface area contributed by atoms with Crippen molar-refractivity contribution in [2.24, 2.45) is 5.41 Å². The Morgan fingerprint density at radius 2 is 1.59 bits per heavy atom. The van der Waals surface area contributed by atoms with Gasteiger partial charge in [-0.1, -0.05) is 0 Å². The van der Waals surface area contributed by atoms with Gasteiger partial charge in [-0.2, -0.15) is 26.3 Å². The van der Waals surface area contributed by atoms with Crippen molar-refractivity contribution in [1.29, 1.82) is 0 Å². The molecular weight excluding hydrogens is 406 g/mol. The maximum Gasteiger partial charge on any atom is 0.434 e. The van der Waals surface area contributed by atoms with Gasteiger partial charge in [-0.05, 0) is 37.3 Å². The average molecular weight is 426 g/mol. The van der Waals surface area contributed by atoms with Gasteiger partial charge in [0.05, 0.1) is 6.54 Å². The molecule has 2 aliphatic rings. The first-order chi connectivity index (χ1) is 13.5. The lowest BCUT2D eigenvalue weighted by Crippen LogP contribution is -2.50. The monoisotopic (exact) mass is 426 g/mol. The summed E-state index contributed by atoms with van der Waals surface area (Å²) in [6, 6.07) is 1.71. The maximum atomic E-state index is 12.6. The smallest absolute Gasteiger partial charge is 0.426 e. The highest BCUT2D eigenvalue weighted by molar-refractivity contribution is 5.68. The molecule has 12 heteroatoms. The fourth-order valence-electron chi connectivity index (χ4n) is 3.84. The van der Waals surface area contributed by atoms with Gasteiger partial charge in [0.2, 0.25) is 0 Å². The zero-order chi connectivity index (χ0) is 21.3. The molecule has 3 rings (SSSR count). The number of ether oxygens (including phenoxy) is 1. The van der Waals surface area contributed by atoms with Gasteiger partial charge < -0.3 is 9.64 Å². The van der Waals surface area contributed by atoms with Crippen LogP contribution < -0.4 is 0 Å². The van der Waals surface area contributed by atoms with E-state index in [1.165, 1.54) is 0 Å². The molecule has 0 atom stereocenters. The van der Waals surface area contributed by atoms with Gasteiger partial charge >= 0.3 is 18.4 Å². The molecule has 0 aliphatic carbocycles. The number of hydrogen-bond acceptors (Lipinski definition) is 5. The molecule has 2 fully saturated rings. The molecule has 0 aromatic carbocycles. The zero-order valence-corrected chi connectivity index (χ0v) is 15.3. The number of piperidine rings is 1. The maximum absolute atomic E-state index is 12.6. The van der Waals surface area contributed by atoms with Crippen molar-refractivity contribution in [3.05, 3.63) is 24.3 Å². The van der Waals surface area contributed by atoms with E-state index >= 15 is 0 Å². The Kier molecular flexibility index (Phi) is 5.93. The van der Waals surface area contributed by atoms with Crippen molar-refractivity contribution >= 4 is 6.09 Å². The largest absolute Gasteiger partial charge is 0.434 e. The normalized spacial score (nSPS) is 20.4. The first kappa shape index (κ1) is 21.6. The number of amides is 1. The predicted molar refractivity (Wildman–Crippen MR) is 87.5 cm³/mol. The average Bonchev–Trinajstić information content (AvgIpc) is 3.01. The Hall–Kier alpha value is -2.11. The third kappa shape index (κ3) is 5.28. The van der Waals surface area contributed by atoms with E-state index in [-0.39, 0.29) is 18.5 Å². The van der Waals surface area contributed by atoms with E-state index in [1.54, 1.807) is 18.5 Å². The third-order valence-corrected chi connectivity index (χ3v) is 5.40. The summed E-state index contributed by atoms with van der Waals surface area (Å²) < 4.78 is 79.2. The summed E-state index contributed by atoms with van der Waals surface area (Å²) >= 11 is 0. The van der Waals surface area contributed by atoms with E-state index in [2.05, 4.69) is 19.6 Å². The minimum Gasteiger partial charge on any atom is -0.426 e. The van der Waals surface area contributed by atoms with Crippen molar-refractivity contribution in [1.82, 2.24) is 19.8 Å². The number of nitrogens with zero attached hydrogens (tertiary/aromatic N) is 4. The summed E-state index contributed by atoms with van der Waals surface area (Å²) in [5.74, 6) is 0.677. The standard InChI is InChI=1S/C17H20F6N4O2/c18-16(19,20)13(17(21,22)23)29-14(28)27-8-3-15(4-9-27)2-7-26(11-15)10-12-24-5-1-6-25-12/h1,5-6,13H,2-4,7-11H2. The lowest BCUT2D eigenvalue weighted by atomic mass is 9.78. The molecule has 3 heterocycles. The lowest BCUT2D eigenvalue weighted by Gasteiger charge is -2.39. The predicted octanol–water partition coefficient (Wildman–Crippen LogP) is 3.39. The lowest BCUT2D eigenvalue weighted by molar-refractivity contribution is -0.308. The molecular formula is C17H20F6N4O2. The van der Waals surface area contributed by atoms with Gasteiger partial charge in [-0.25, -0.2) is 14.8 Å². The number of alkyl halides is 6. The van der Waals surface area contributed by atoms with Gasteiger partial charge in [-0.3, -0.25) is 4.90 Å². The highest BCUT2D eigenvalue weighted by atomic mass is 19.4. The van der Waals surface area contributed by atoms with Gasteiger partial charge in [0, 0.05) is 32.0 Å². The number of halogens is 6. The van der Waals surface area contributed by atoms with Crippen LogP contribution in [0.15, 0.2) is 18.5 Å². The molecule has 1 spiro atoms. The van der Waals surface area contributed by atoms with E-state index in [9.17, 15) is 31.1 Å². The topological polar surface area (TPSA) is 58.6 Å². The van der Waals surface area contributed by atoms with Gasteiger partial charge in [-0.15, -0.1) is 0 Å². The molecule has 2 aliphatic heterocycles. The zero-order valence-electron chi connectivity index (χ0n) is 15.3. The molecule has 0 radical (unpaired) electrons. The van der Waals surface area contributed by atoms with Crippen LogP contribution in [0, 0.1) is 5.41 Å². The van der Waals surface area contributed by atoms with Crippen LogP contribution in [0.4, 0.5) is 31.1 Å². The Balaban J connectivity index is 1.53. The van der Waals surface area contributed by atoms with Crippen LogP contribution in [0.1, 0.15) is 25.1 Å². The summed E-state index contributed by atoms with van der Waals surface area (Å²) in [7, 11) is 0. The fourth-order valence-corrected chi connectivity index (χ4v) is 3.84. The Bertz CT molecular complexity index is 690. The molecule has 2 saturated heterocycles. The van der Waals surface area contributed by atoms with E-state index in [0.717, 1.165) is 17.9 Å². The Morgan fingerprint density at radius 1 is 1.03 bits per heavy atom. The van der Waals surface area contributed by atoms with Crippen LogP contribution in [0.2, 0.25) is 0 Å². The minimum absolute atomic E-state index is 0.0525. The number of carbonyl (C=O) groups excluding carboxylic acids is 1. The number of aromatic nitrogens is 2. The van der Waals surface area contributed by atoms with Crippen molar-refractivity contribution in [3.63, 3.8) is 0 Å². The molecule has 0 unspecified atom stereocenters. The minimum atomic E-state index is -5.71. The summed E-state index contributed by atoms with van der Waals surface area (Å²) in [6.07, 6.45) is -12.0. The number of rotatable bonds is 3. The second kappa shape index (κ2) is 7.96. The van der Waals surface area contributed by atoms with Crippen LogP contribution in [0.25, 0.3) is 0 Å². The van der Waals surface area contributed by atoms with Crippen LogP contribution in [-0.4, -0.2) is 70.5 Å². The molecule has 29 heavy (non-hydrogen) atoms. The van der Waals surface area contributed by atoms with Crippen molar-refractivity contribution < 1.29 is 35.9 Å². The van der Waals surface area contributed by atoms with Crippen LogP contribution in [-0.2, 0) is 11.3 Å². The molecule has 0 bridgehead atoms. The number of hydrogen-bond donors (Lipinski definition) is 0. The molecule has 162 valence electrons. The van der Waals surface area contributed by atoms with Gasteiger partial charge in [0.25, 0.3) is 6.10 Å². The molecule has 6 nitrogen and oxygen atoms in total. The van der Waals surface area contributed by atoms with Gasteiger partial charge in [0.1, 0.15) is 5.82 Å². The second-order valence-corrected chi connectivity index (χ2v) is 7.46. The third-order valence-electron chi connectivity index (χ3n) is 5.40. The van der Waals surface area contributed by atoms with Crippen LogP contribution in [0.3, 0.4) is 0 Å². The molecule has 0 saturated carbocycles. The van der Waals surface area contributed by atoms with E-state index in [4.69, 9.17) is 0 Å². The summed E-state index contributed by atoms with van der Waals surface area (Å²) in [4.78, 5) is 23.3. The Labute approximate surface area is 162 Å². The highest BCUT2D eigenvalue weighted by Crippen LogP contribution is 2.41. The number of likely N-dealkylation sites (tertiary alicyclic amines) is 2. The van der Waals surface area contributed by atoms with Crippen LogP contribution >= 0.6 is 0 Å². The SMILES string of the molecule is O=C(OC(C(F)(F)F)C(F)(F)F)N1CCC2(CCN(Cc3ncccn3)C2)CC1. The highest BCUT2D eigenvalue weighted by Gasteiger charge is 2.60. The second-order valence-electron chi connectivity index (χ2n) is 7.46. The van der Waals surface area contributed by atoms with E-state index in [0.29, 0.717) is 31.8 Å². The summed E-state index contributed by atoms with van der Waals surface area (Å²) in [5.41, 5.74) is -0.126. The Morgan fingerprint density at radius 3 is 2.14 bits per heavy atom. The molecule has 1 amide bonds. The van der Waals surface area contributed by atoms with Crippen molar-refractivity contribution in [2.75, 3.05) is 26.2 Å². The van der Waals surface area contributed by atoms with Crippen LogP contribution in [0.5, 0.6) is 0 Å². The number of carbonyl (C=O) groups is 1. The molecule has 1 aromatic heterocycles. The summed E-state index contributed by atoms with van der Waals surface area (Å²) in [6.45, 7) is 2.16. The molecule has 0 N–H and O–H groups in total. The summed E-state index contributed by atoms with van der Waals surface area (Å²) in [5, 5.41) is 0. The van der Waals surface area contributed by atoms with Crippen molar-refractivity contribution in [2.45, 2.75) is 44.3 Å². The molecule has 1 aromatic rings. The van der Waals surface area contributed by atoms with Crippen molar-refractivity contribution in [3.8, 4) is 0 Å².